The van der Waals surface area contributed by atoms with Gasteiger partial charge in [-0.15, -0.1) is 0 Å². The molecule has 3 rings (SSSR count). The number of nitrogens with one attached hydrogen (secondary N) is 1. The lowest BCUT2D eigenvalue weighted by Crippen LogP contribution is -2.28. The molecule has 1 atom stereocenters. The summed E-state index contributed by atoms with van der Waals surface area (Å²) in [5, 5.41) is 0. The molecule has 1 aliphatic rings. The van der Waals surface area contributed by atoms with Gasteiger partial charge < -0.3 is 0 Å². The third kappa shape index (κ3) is 4.47. The van der Waals surface area contributed by atoms with E-state index in [4.69, 9.17) is 0 Å². The van der Waals surface area contributed by atoms with Crippen molar-refractivity contribution in [1.29, 1.82) is 0 Å². The first-order chi connectivity index (χ1) is 11.4. The van der Waals surface area contributed by atoms with Gasteiger partial charge in [-0.3, -0.25) is 0 Å². The topological polar surface area (TPSA) is 46.2 Å². The van der Waals surface area contributed by atoms with Gasteiger partial charge >= 0.3 is 0 Å². The first-order valence-electron chi connectivity index (χ1n) is 8.29. The van der Waals surface area contributed by atoms with Crippen LogP contribution in [0.2, 0.25) is 0 Å². The molecule has 128 valence electrons. The summed E-state index contributed by atoms with van der Waals surface area (Å²) in [5.41, 5.74) is 4.60. The monoisotopic (exact) mass is 407 g/mol. The molecular formula is C19H22BrNO2S. The van der Waals surface area contributed by atoms with Crippen molar-refractivity contribution >= 4 is 26.0 Å². The van der Waals surface area contributed by atoms with Gasteiger partial charge in [-0.25, -0.2) is 13.1 Å². The fourth-order valence-electron chi connectivity index (χ4n) is 3.20. The zero-order valence-corrected chi connectivity index (χ0v) is 16.2. The highest BCUT2D eigenvalue weighted by atomic mass is 79.9. The number of hydrogen-bond acceptors (Lipinski definition) is 2. The molecule has 24 heavy (non-hydrogen) atoms. The van der Waals surface area contributed by atoms with Crippen LogP contribution >= 0.6 is 15.9 Å². The van der Waals surface area contributed by atoms with E-state index in [2.05, 4.69) is 38.9 Å². The van der Waals surface area contributed by atoms with Gasteiger partial charge in [0.05, 0.1) is 5.75 Å². The summed E-state index contributed by atoms with van der Waals surface area (Å²) in [6, 6.07) is 13.5. The molecule has 1 N–H and O–H groups in total. The highest BCUT2D eigenvalue weighted by molar-refractivity contribution is 9.10. The van der Waals surface area contributed by atoms with E-state index >= 15 is 0 Å². The lowest BCUT2D eigenvalue weighted by atomic mass is 9.89. The lowest BCUT2D eigenvalue weighted by Gasteiger charge is -2.20. The minimum absolute atomic E-state index is 0.00440. The van der Waals surface area contributed by atoms with Crippen molar-refractivity contribution in [1.82, 2.24) is 4.72 Å². The van der Waals surface area contributed by atoms with E-state index in [0.717, 1.165) is 28.4 Å². The molecule has 1 aliphatic carbocycles. The standard InChI is InChI=1S/C19H22BrNO2S/c1-14(17-9-8-16-4-2-3-5-18(16)12-17)21-24(22,23)13-15-6-10-19(20)11-7-15/h6-12,14,21H,2-5,13H2,1H3. The Morgan fingerprint density at radius 1 is 1.04 bits per heavy atom. The Bertz CT molecular complexity index is 816. The van der Waals surface area contributed by atoms with Gasteiger partial charge in [0.15, 0.2) is 0 Å². The third-order valence-electron chi connectivity index (χ3n) is 4.50. The minimum Gasteiger partial charge on any atom is -0.212 e. The van der Waals surface area contributed by atoms with E-state index in [1.165, 1.54) is 24.0 Å². The van der Waals surface area contributed by atoms with Crippen LogP contribution in [-0.4, -0.2) is 8.42 Å². The van der Waals surface area contributed by atoms with Crippen LogP contribution in [0.3, 0.4) is 0 Å². The average Bonchev–Trinajstić information content (AvgIpc) is 2.56. The largest absolute Gasteiger partial charge is 0.216 e. The number of benzene rings is 2. The number of halogens is 1. The first-order valence-corrected chi connectivity index (χ1v) is 10.7. The van der Waals surface area contributed by atoms with Crippen molar-refractivity contribution in [2.24, 2.45) is 0 Å². The molecule has 0 spiro atoms. The molecule has 3 nitrogen and oxygen atoms in total. The van der Waals surface area contributed by atoms with Crippen LogP contribution in [0.5, 0.6) is 0 Å². The molecule has 0 aromatic heterocycles. The summed E-state index contributed by atoms with van der Waals surface area (Å²) in [6.45, 7) is 1.91. The highest BCUT2D eigenvalue weighted by Crippen LogP contribution is 2.25. The minimum atomic E-state index is -3.38. The quantitative estimate of drug-likeness (QED) is 0.792. The van der Waals surface area contributed by atoms with Crippen molar-refractivity contribution in [2.75, 3.05) is 0 Å². The molecular weight excluding hydrogens is 386 g/mol. The Labute approximate surface area is 152 Å². The second-order valence-electron chi connectivity index (χ2n) is 6.46. The summed E-state index contributed by atoms with van der Waals surface area (Å²) in [6.07, 6.45) is 4.71. The van der Waals surface area contributed by atoms with Crippen molar-refractivity contribution in [2.45, 2.75) is 44.4 Å². The number of rotatable bonds is 5. The fraction of sp³-hybridized carbons (Fsp3) is 0.368. The van der Waals surface area contributed by atoms with Crippen molar-refractivity contribution in [3.8, 4) is 0 Å². The van der Waals surface area contributed by atoms with Crippen LogP contribution in [0, 0.1) is 0 Å². The third-order valence-corrected chi connectivity index (χ3v) is 6.45. The molecule has 0 saturated carbocycles. The number of fused-ring (bicyclic) bond motifs is 1. The highest BCUT2D eigenvalue weighted by Gasteiger charge is 2.18. The van der Waals surface area contributed by atoms with Crippen molar-refractivity contribution < 1.29 is 8.42 Å². The van der Waals surface area contributed by atoms with Gasteiger partial charge in [0.1, 0.15) is 0 Å². The van der Waals surface area contributed by atoms with E-state index in [1.54, 1.807) is 0 Å². The van der Waals surface area contributed by atoms with Crippen LogP contribution < -0.4 is 4.72 Å². The normalized spacial score (nSPS) is 15.8. The van der Waals surface area contributed by atoms with Gasteiger partial charge in [-0.05, 0) is 67.0 Å². The predicted molar refractivity (Wildman–Crippen MR) is 101 cm³/mol. The van der Waals surface area contributed by atoms with Gasteiger partial charge in [0.2, 0.25) is 10.0 Å². The molecule has 5 heteroatoms. The van der Waals surface area contributed by atoms with Crippen LogP contribution in [0.25, 0.3) is 0 Å². The Hall–Kier alpha value is -1.17. The van der Waals surface area contributed by atoms with E-state index in [-0.39, 0.29) is 11.8 Å². The second-order valence-corrected chi connectivity index (χ2v) is 9.13. The van der Waals surface area contributed by atoms with Crippen LogP contribution in [-0.2, 0) is 28.6 Å². The van der Waals surface area contributed by atoms with Crippen LogP contribution in [0.15, 0.2) is 46.9 Å². The molecule has 2 aromatic carbocycles. The fourth-order valence-corrected chi connectivity index (χ4v) is 4.86. The molecule has 0 heterocycles. The SMILES string of the molecule is CC(NS(=O)(=O)Cc1ccc(Br)cc1)c1ccc2c(c1)CCCC2. The summed E-state index contributed by atoms with van der Waals surface area (Å²) in [7, 11) is -3.38. The van der Waals surface area contributed by atoms with Crippen LogP contribution in [0.1, 0.15) is 48.1 Å². The summed E-state index contributed by atoms with van der Waals surface area (Å²) in [4.78, 5) is 0. The Balaban J connectivity index is 1.71. The Morgan fingerprint density at radius 2 is 1.71 bits per heavy atom. The molecule has 0 amide bonds. The maximum atomic E-state index is 12.4. The molecule has 0 aliphatic heterocycles. The Morgan fingerprint density at radius 3 is 2.42 bits per heavy atom. The molecule has 0 saturated heterocycles. The number of aryl methyl sites for hydroxylation is 2. The predicted octanol–water partition coefficient (Wildman–Crippen LogP) is 4.51. The summed E-state index contributed by atoms with van der Waals surface area (Å²) in [5.74, 6) is -0.00440. The van der Waals surface area contributed by atoms with Crippen molar-refractivity contribution in [3.05, 3.63) is 69.2 Å². The van der Waals surface area contributed by atoms with Gasteiger partial charge in [0, 0.05) is 10.5 Å². The smallest absolute Gasteiger partial charge is 0.212 e. The average molecular weight is 408 g/mol. The van der Waals surface area contributed by atoms with E-state index in [9.17, 15) is 8.42 Å². The number of sulfonamides is 1. The molecule has 0 radical (unpaired) electrons. The molecule has 0 fully saturated rings. The molecule has 1 unspecified atom stereocenters. The van der Waals surface area contributed by atoms with Crippen molar-refractivity contribution in [3.63, 3.8) is 0 Å². The van der Waals surface area contributed by atoms with E-state index in [1.807, 2.05) is 31.2 Å². The zero-order valence-electron chi connectivity index (χ0n) is 13.8. The second kappa shape index (κ2) is 7.38. The van der Waals surface area contributed by atoms with Gasteiger partial charge in [-0.1, -0.05) is 46.3 Å². The zero-order chi connectivity index (χ0) is 17.2. The first kappa shape index (κ1) is 17.6. The lowest BCUT2D eigenvalue weighted by molar-refractivity contribution is 0.565. The number of hydrogen-bond donors (Lipinski definition) is 1. The van der Waals surface area contributed by atoms with Crippen LogP contribution in [0.4, 0.5) is 0 Å². The summed E-state index contributed by atoms with van der Waals surface area (Å²) >= 11 is 3.36. The summed E-state index contributed by atoms with van der Waals surface area (Å²) < 4.78 is 28.6. The van der Waals surface area contributed by atoms with E-state index in [0.29, 0.717) is 0 Å². The molecule has 2 aromatic rings. The maximum Gasteiger partial charge on any atom is 0.216 e. The van der Waals surface area contributed by atoms with Gasteiger partial charge in [-0.2, -0.15) is 0 Å². The maximum absolute atomic E-state index is 12.4. The van der Waals surface area contributed by atoms with Gasteiger partial charge in [0.25, 0.3) is 0 Å². The van der Waals surface area contributed by atoms with E-state index < -0.39 is 10.0 Å². The molecule has 0 bridgehead atoms. The Kier molecular flexibility index (Phi) is 5.42.